The van der Waals surface area contributed by atoms with Crippen molar-refractivity contribution < 1.29 is 4.79 Å². The van der Waals surface area contributed by atoms with Crippen molar-refractivity contribution in [3.05, 3.63) is 35.4 Å². The molecule has 1 aromatic carbocycles. The van der Waals surface area contributed by atoms with Gasteiger partial charge in [0, 0.05) is 19.1 Å². The van der Waals surface area contributed by atoms with Crippen LogP contribution in [0.5, 0.6) is 0 Å². The van der Waals surface area contributed by atoms with Crippen LogP contribution < -0.4 is 11.1 Å². The average molecular weight is 301 g/mol. The van der Waals surface area contributed by atoms with Crippen LogP contribution in [0.3, 0.4) is 0 Å². The minimum Gasteiger partial charge on any atom is -0.350 e. The van der Waals surface area contributed by atoms with Crippen molar-refractivity contribution >= 4 is 5.91 Å². The largest absolute Gasteiger partial charge is 0.350 e. The number of amides is 1. The summed E-state index contributed by atoms with van der Waals surface area (Å²) >= 11 is 0. The molecule has 0 radical (unpaired) electrons. The first kappa shape index (κ1) is 15.5. The summed E-state index contributed by atoms with van der Waals surface area (Å²) in [7, 11) is 0. The smallest absolute Gasteiger partial charge is 0.240 e. The van der Waals surface area contributed by atoms with E-state index in [-0.39, 0.29) is 5.91 Å². The second-order valence-electron chi connectivity index (χ2n) is 6.97. The molecular weight excluding hydrogens is 274 g/mol. The van der Waals surface area contributed by atoms with Crippen LogP contribution in [0.25, 0.3) is 0 Å². The van der Waals surface area contributed by atoms with Crippen LogP contribution in [0.4, 0.5) is 0 Å². The van der Waals surface area contributed by atoms with Crippen LogP contribution in [-0.2, 0) is 17.9 Å². The van der Waals surface area contributed by atoms with Crippen LogP contribution in [0.15, 0.2) is 24.3 Å². The van der Waals surface area contributed by atoms with Crippen LogP contribution in [-0.4, -0.2) is 28.9 Å². The van der Waals surface area contributed by atoms with E-state index in [9.17, 15) is 4.79 Å². The molecule has 1 amide bonds. The summed E-state index contributed by atoms with van der Waals surface area (Å²) in [6.45, 7) is 5.12. The summed E-state index contributed by atoms with van der Waals surface area (Å²) in [6, 6.07) is 9.27. The van der Waals surface area contributed by atoms with E-state index < -0.39 is 5.54 Å². The van der Waals surface area contributed by atoms with E-state index in [0.717, 1.165) is 24.9 Å². The Morgan fingerprint density at radius 2 is 1.95 bits per heavy atom. The van der Waals surface area contributed by atoms with Gasteiger partial charge in [0.05, 0.1) is 5.54 Å². The van der Waals surface area contributed by atoms with Crippen molar-refractivity contribution in [2.45, 2.75) is 63.7 Å². The number of likely N-dealkylation sites (tertiary alicyclic amines) is 1. The predicted molar refractivity (Wildman–Crippen MR) is 88.2 cm³/mol. The first-order chi connectivity index (χ1) is 10.6. The highest BCUT2D eigenvalue weighted by Gasteiger charge is 2.45. The molecule has 2 fully saturated rings. The van der Waals surface area contributed by atoms with E-state index in [1.165, 1.54) is 31.4 Å². The molecule has 0 spiro atoms. The lowest BCUT2D eigenvalue weighted by Gasteiger charge is -2.33. The van der Waals surface area contributed by atoms with E-state index in [0.29, 0.717) is 12.6 Å². The molecular formula is C18H27N3O. The molecule has 1 aliphatic carbocycles. The fourth-order valence-corrected chi connectivity index (χ4v) is 3.11. The van der Waals surface area contributed by atoms with E-state index in [2.05, 4.69) is 41.4 Å². The highest BCUT2D eigenvalue weighted by Crippen LogP contribution is 2.32. The highest BCUT2D eigenvalue weighted by atomic mass is 16.2. The van der Waals surface area contributed by atoms with Crippen LogP contribution >= 0.6 is 0 Å². The zero-order valence-electron chi connectivity index (χ0n) is 13.5. The topological polar surface area (TPSA) is 58.4 Å². The Bertz CT molecular complexity index is 522. The van der Waals surface area contributed by atoms with Crippen molar-refractivity contribution in [2.24, 2.45) is 5.73 Å². The molecule has 1 saturated heterocycles. The molecule has 2 aliphatic rings. The molecule has 0 bridgehead atoms. The monoisotopic (exact) mass is 301 g/mol. The van der Waals surface area contributed by atoms with E-state index in [1.807, 2.05) is 0 Å². The van der Waals surface area contributed by atoms with Gasteiger partial charge in [-0.15, -0.1) is 0 Å². The molecule has 4 nitrogen and oxygen atoms in total. The maximum atomic E-state index is 11.8. The maximum Gasteiger partial charge on any atom is 0.240 e. The van der Waals surface area contributed by atoms with Crippen molar-refractivity contribution in [3.63, 3.8) is 0 Å². The SMILES string of the molecule is CC1CCCCN1Cc1ccc(CNC(=O)C2(N)CC2)cc1. The zero-order valence-corrected chi connectivity index (χ0v) is 13.5. The van der Waals surface area contributed by atoms with Gasteiger partial charge in [-0.3, -0.25) is 9.69 Å². The number of benzene rings is 1. The predicted octanol–water partition coefficient (Wildman–Crippen LogP) is 2.17. The second kappa shape index (κ2) is 6.39. The van der Waals surface area contributed by atoms with Crippen LogP contribution in [0.1, 0.15) is 50.2 Å². The highest BCUT2D eigenvalue weighted by molar-refractivity contribution is 5.88. The number of nitrogens with two attached hydrogens (primary N) is 1. The van der Waals surface area contributed by atoms with Gasteiger partial charge in [-0.25, -0.2) is 0 Å². The number of carbonyl (C=O) groups excluding carboxylic acids is 1. The van der Waals surface area contributed by atoms with Gasteiger partial charge in [-0.2, -0.15) is 0 Å². The summed E-state index contributed by atoms with van der Waals surface area (Å²) in [6.07, 6.45) is 5.61. The fraction of sp³-hybridized carbons (Fsp3) is 0.611. The molecule has 0 aromatic heterocycles. The lowest BCUT2D eigenvalue weighted by molar-refractivity contribution is -0.123. The van der Waals surface area contributed by atoms with Crippen LogP contribution in [0.2, 0.25) is 0 Å². The number of hydrogen-bond donors (Lipinski definition) is 2. The van der Waals surface area contributed by atoms with Gasteiger partial charge < -0.3 is 11.1 Å². The lowest BCUT2D eigenvalue weighted by Crippen LogP contribution is -2.42. The number of piperidine rings is 1. The van der Waals surface area contributed by atoms with Gasteiger partial charge in [0.2, 0.25) is 5.91 Å². The molecule has 1 aromatic rings. The van der Waals surface area contributed by atoms with Crippen molar-refractivity contribution in [1.82, 2.24) is 10.2 Å². The lowest BCUT2D eigenvalue weighted by atomic mass is 10.0. The summed E-state index contributed by atoms with van der Waals surface area (Å²) in [4.78, 5) is 14.4. The van der Waals surface area contributed by atoms with Gasteiger partial charge >= 0.3 is 0 Å². The quantitative estimate of drug-likeness (QED) is 0.876. The Morgan fingerprint density at radius 1 is 1.27 bits per heavy atom. The van der Waals surface area contributed by atoms with Crippen molar-refractivity contribution in [2.75, 3.05) is 6.54 Å². The van der Waals surface area contributed by atoms with Gasteiger partial charge in [0.1, 0.15) is 0 Å². The molecule has 22 heavy (non-hydrogen) atoms. The van der Waals surface area contributed by atoms with Gasteiger partial charge in [-0.05, 0) is 50.3 Å². The van der Waals surface area contributed by atoms with Gasteiger partial charge in [-0.1, -0.05) is 30.7 Å². The summed E-state index contributed by atoms with van der Waals surface area (Å²) in [5.41, 5.74) is 7.78. The Labute approximate surface area is 133 Å². The Hall–Kier alpha value is -1.39. The molecule has 4 heteroatoms. The Morgan fingerprint density at radius 3 is 2.59 bits per heavy atom. The molecule has 1 heterocycles. The first-order valence-corrected chi connectivity index (χ1v) is 8.46. The third-order valence-corrected chi connectivity index (χ3v) is 5.04. The second-order valence-corrected chi connectivity index (χ2v) is 6.97. The number of nitrogens with zero attached hydrogens (tertiary/aromatic N) is 1. The first-order valence-electron chi connectivity index (χ1n) is 8.46. The Balaban J connectivity index is 1.50. The van der Waals surface area contributed by atoms with E-state index in [1.54, 1.807) is 0 Å². The summed E-state index contributed by atoms with van der Waals surface area (Å²) in [5.74, 6) is -0.0151. The third-order valence-electron chi connectivity index (χ3n) is 5.04. The average Bonchev–Trinajstić information content (AvgIpc) is 3.28. The third kappa shape index (κ3) is 3.68. The van der Waals surface area contributed by atoms with Gasteiger partial charge in [0.25, 0.3) is 0 Å². The molecule has 1 atom stereocenters. The normalized spacial score (nSPS) is 24.0. The van der Waals surface area contributed by atoms with E-state index >= 15 is 0 Å². The minimum absolute atomic E-state index is 0.0151. The van der Waals surface area contributed by atoms with Crippen LogP contribution in [0, 0.1) is 0 Å². The number of rotatable bonds is 5. The molecule has 1 unspecified atom stereocenters. The molecule has 3 N–H and O–H groups in total. The summed E-state index contributed by atoms with van der Waals surface area (Å²) < 4.78 is 0. The fourth-order valence-electron chi connectivity index (χ4n) is 3.11. The standard InChI is InChI=1S/C18H27N3O/c1-14-4-2-3-11-21(14)13-16-7-5-15(6-8-16)12-20-17(22)18(19)9-10-18/h5-8,14H,2-4,9-13,19H2,1H3,(H,20,22). The Kier molecular flexibility index (Phi) is 4.50. The zero-order chi connectivity index (χ0) is 15.6. The van der Waals surface area contributed by atoms with Crippen molar-refractivity contribution in [3.8, 4) is 0 Å². The minimum atomic E-state index is -0.579. The van der Waals surface area contributed by atoms with Crippen molar-refractivity contribution in [1.29, 1.82) is 0 Å². The molecule has 1 aliphatic heterocycles. The molecule has 1 saturated carbocycles. The number of nitrogens with one attached hydrogen (secondary N) is 1. The maximum absolute atomic E-state index is 11.8. The van der Waals surface area contributed by atoms with E-state index in [4.69, 9.17) is 5.73 Å². The van der Waals surface area contributed by atoms with Gasteiger partial charge in [0.15, 0.2) is 0 Å². The number of carbonyl (C=O) groups is 1. The molecule has 120 valence electrons. The summed E-state index contributed by atoms with van der Waals surface area (Å²) in [5, 5.41) is 2.93. The number of hydrogen-bond acceptors (Lipinski definition) is 3. The molecule has 3 rings (SSSR count).